The van der Waals surface area contributed by atoms with Gasteiger partial charge in [0.25, 0.3) is 0 Å². The van der Waals surface area contributed by atoms with Gasteiger partial charge in [0.2, 0.25) is 0 Å². The molecule has 0 aliphatic carbocycles. The summed E-state index contributed by atoms with van der Waals surface area (Å²) in [5.74, 6) is 0.732. The van der Waals surface area contributed by atoms with Gasteiger partial charge in [0, 0.05) is 11.3 Å². The first-order valence-electron chi connectivity index (χ1n) is 7.10. The minimum atomic E-state index is -0.272. The van der Waals surface area contributed by atoms with Crippen LogP contribution in [0, 0.1) is 0 Å². The molecular weight excluding hydrogens is 276 g/mol. The molecule has 112 valence electrons. The van der Waals surface area contributed by atoms with E-state index in [1.54, 1.807) is 7.11 Å². The van der Waals surface area contributed by atoms with Crippen LogP contribution in [-0.4, -0.2) is 13.1 Å². The summed E-state index contributed by atoms with van der Waals surface area (Å²) in [5, 5.41) is 7.94. The van der Waals surface area contributed by atoms with E-state index in [1.165, 1.54) is 5.39 Å². The van der Waals surface area contributed by atoms with Crippen molar-refractivity contribution in [3.8, 4) is 0 Å². The lowest BCUT2D eigenvalue weighted by molar-refractivity contribution is 0.236. The minimum Gasteiger partial charge on any atom is -0.501 e. The highest BCUT2D eigenvalue weighted by atomic mass is 16.5. The third kappa shape index (κ3) is 2.44. The Kier molecular flexibility index (Phi) is 3.59. The molecule has 1 aliphatic rings. The summed E-state index contributed by atoms with van der Waals surface area (Å²) in [6.07, 6.45) is 0. The molecule has 1 fully saturated rings. The average Bonchev–Trinajstić information content (AvgIpc) is 2.53. The van der Waals surface area contributed by atoms with Crippen LogP contribution in [0.4, 0.5) is 4.79 Å². The fourth-order valence-corrected chi connectivity index (χ4v) is 2.78. The Morgan fingerprint density at radius 1 is 1.18 bits per heavy atom. The van der Waals surface area contributed by atoms with Crippen LogP contribution in [0.5, 0.6) is 0 Å². The molecule has 4 nitrogen and oxygen atoms in total. The number of fused-ring (bicyclic) bond motifs is 1. The van der Waals surface area contributed by atoms with E-state index in [2.05, 4.69) is 41.5 Å². The Hall–Kier alpha value is -2.75. The van der Waals surface area contributed by atoms with E-state index < -0.39 is 0 Å². The van der Waals surface area contributed by atoms with Crippen LogP contribution in [0.2, 0.25) is 0 Å². The first-order chi connectivity index (χ1) is 10.6. The van der Waals surface area contributed by atoms with E-state index in [-0.39, 0.29) is 12.1 Å². The van der Waals surface area contributed by atoms with Gasteiger partial charge in [0.1, 0.15) is 5.76 Å². The van der Waals surface area contributed by atoms with E-state index >= 15 is 0 Å². The zero-order chi connectivity index (χ0) is 15.7. The van der Waals surface area contributed by atoms with Gasteiger partial charge in [-0.1, -0.05) is 43.0 Å². The number of allylic oxidation sites excluding steroid dienone is 1. The quantitative estimate of drug-likeness (QED) is 0.831. The van der Waals surface area contributed by atoms with Crippen molar-refractivity contribution >= 4 is 16.8 Å². The van der Waals surface area contributed by atoms with Crippen molar-refractivity contribution in [3.05, 3.63) is 71.6 Å². The minimum absolute atomic E-state index is 0.254. The van der Waals surface area contributed by atoms with E-state index in [1.807, 2.05) is 25.1 Å². The maximum absolute atomic E-state index is 11.8. The molecule has 1 heterocycles. The molecule has 0 radical (unpaired) electrons. The number of carbonyl (C=O) groups is 1. The molecule has 2 N–H and O–H groups in total. The summed E-state index contributed by atoms with van der Waals surface area (Å²) in [6, 6.07) is 13.8. The maximum atomic E-state index is 11.8. The molecule has 1 atom stereocenters. The van der Waals surface area contributed by atoms with Crippen molar-refractivity contribution < 1.29 is 9.53 Å². The van der Waals surface area contributed by atoms with Gasteiger partial charge in [0.05, 0.1) is 13.2 Å². The first-order valence-corrected chi connectivity index (χ1v) is 7.10. The lowest BCUT2D eigenvalue weighted by atomic mass is 9.92. The number of hydrogen-bond donors (Lipinski definition) is 2. The Morgan fingerprint density at radius 2 is 1.91 bits per heavy atom. The highest BCUT2D eigenvalue weighted by molar-refractivity contribution is 5.85. The highest BCUT2D eigenvalue weighted by Crippen LogP contribution is 2.32. The number of rotatable bonds is 2. The second kappa shape index (κ2) is 5.56. The summed E-state index contributed by atoms with van der Waals surface area (Å²) in [7, 11) is 1.61. The SMILES string of the molecule is C=C1NC(=O)NC(c2ccc3ccccc3c2)C1=C(C)OC. The Morgan fingerprint density at radius 3 is 2.64 bits per heavy atom. The van der Waals surface area contributed by atoms with Gasteiger partial charge >= 0.3 is 6.03 Å². The van der Waals surface area contributed by atoms with Crippen LogP contribution in [-0.2, 0) is 4.74 Å². The number of carbonyl (C=O) groups excluding carboxylic acids is 1. The Balaban J connectivity index is 2.12. The number of methoxy groups -OCH3 is 1. The van der Waals surface area contributed by atoms with Crippen LogP contribution < -0.4 is 10.6 Å². The zero-order valence-electron chi connectivity index (χ0n) is 12.6. The predicted molar refractivity (Wildman–Crippen MR) is 87.2 cm³/mol. The molecule has 1 unspecified atom stereocenters. The Bertz CT molecular complexity index is 793. The normalized spacial score (nSPS) is 20.4. The summed E-state index contributed by atoms with van der Waals surface area (Å²) >= 11 is 0. The van der Waals surface area contributed by atoms with Crippen LogP contribution in [0.15, 0.2) is 66.1 Å². The summed E-state index contributed by atoms with van der Waals surface area (Å²) in [5.41, 5.74) is 2.43. The lowest BCUT2D eigenvalue weighted by Crippen LogP contribution is -2.45. The molecule has 3 rings (SSSR count). The van der Waals surface area contributed by atoms with Crippen LogP contribution >= 0.6 is 0 Å². The third-order valence-corrected chi connectivity index (χ3v) is 3.95. The van der Waals surface area contributed by atoms with Gasteiger partial charge in [-0.3, -0.25) is 0 Å². The molecule has 0 spiro atoms. The number of ether oxygens (including phenoxy) is 1. The van der Waals surface area contributed by atoms with Crippen molar-refractivity contribution in [1.29, 1.82) is 0 Å². The molecule has 2 amide bonds. The fourth-order valence-electron chi connectivity index (χ4n) is 2.78. The van der Waals surface area contributed by atoms with E-state index in [0.29, 0.717) is 5.70 Å². The van der Waals surface area contributed by atoms with E-state index in [4.69, 9.17) is 4.74 Å². The van der Waals surface area contributed by atoms with Crippen molar-refractivity contribution in [2.24, 2.45) is 0 Å². The predicted octanol–water partition coefficient (Wildman–Crippen LogP) is 3.63. The summed E-state index contributed by atoms with van der Waals surface area (Å²) < 4.78 is 5.36. The molecule has 22 heavy (non-hydrogen) atoms. The zero-order valence-corrected chi connectivity index (χ0v) is 12.6. The van der Waals surface area contributed by atoms with E-state index in [0.717, 1.165) is 22.3 Å². The van der Waals surface area contributed by atoms with Gasteiger partial charge in [-0.25, -0.2) is 4.79 Å². The molecule has 0 aromatic heterocycles. The van der Waals surface area contributed by atoms with E-state index in [9.17, 15) is 4.79 Å². The molecule has 2 aromatic rings. The number of hydrogen-bond acceptors (Lipinski definition) is 2. The van der Waals surface area contributed by atoms with Crippen LogP contribution in [0.1, 0.15) is 18.5 Å². The number of amides is 2. The van der Waals surface area contributed by atoms with Crippen molar-refractivity contribution in [2.45, 2.75) is 13.0 Å². The second-order valence-electron chi connectivity index (χ2n) is 5.29. The number of nitrogens with one attached hydrogen (secondary N) is 2. The molecule has 0 saturated carbocycles. The first kappa shape index (κ1) is 14.2. The second-order valence-corrected chi connectivity index (χ2v) is 5.29. The number of urea groups is 1. The highest BCUT2D eigenvalue weighted by Gasteiger charge is 2.29. The largest absolute Gasteiger partial charge is 0.501 e. The van der Waals surface area contributed by atoms with Gasteiger partial charge in [-0.05, 0) is 29.3 Å². The fraction of sp³-hybridized carbons (Fsp3) is 0.167. The lowest BCUT2D eigenvalue weighted by Gasteiger charge is -2.30. The monoisotopic (exact) mass is 294 g/mol. The molecule has 1 aliphatic heterocycles. The van der Waals surface area contributed by atoms with Crippen LogP contribution in [0.3, 0.4) is 0 Å². The molecule has 2 aromatic carbocycles. The topological polar surface area (TPSA) is 50.4 Å². The van der Waals surface area contributed by atoms with Gasteiger partial charge < -0.3 is 15.4 Å². The van der Waals surface area contributed by atoms with Crippen molar-refractivity contribution in [2.75, 3.05) is 7.11 Å². The summed E-state index contributed by atoms with van der Waals surface area (Å²) in [4.78, 5) is 11.8. The van der Waals surface area contributed by atoms with Gasteiger partial charge in [0.15, 0.2) is 0 Å². The molecule has 4 heteroatoms. The molecular formula is C18H18N2O2. The number of benzene rings is 2. The van der Waals surface area contributed by atoms with Crippen molar-refractivity contribution in [1.82, 2.24) is 10.6 Å². The standard InChI is InChI=1S/C18H18N2O2/c1-11-16(12(2)22-3)17(20-18(21)19-11)15-9-8-13-6-4-5-7-14(13)10-15/h4-10,17H,1H2,2-3H3,(H2,19,20,21). The molecule has 0 bridgehead atoms. The third-order valence-electron chi connectivity index (χ3n) is 3.95. The summed E-state index contributed by atoms with van der Waals surface area (Å²) in [6.45, 7) is 5.81. The average molecular weight is 294 g/mol. The maximum Gasteiger partial charge on any atom is 0.319 e. The smallest absolute Gasteiger partial charge is 0.319 e. The van der Waals surface area contributed by atoms with Gasteiger partial charge in [-0.15, -0.1) is 0 Å². The van der Waals surface area contributed by atoms with Gasteiger partial charge in [-0.2, -0.15) is 0 Å². The van der Waals surface area contributed by atoms with Crippen molar-refractivity contribution in [3.63, 3.8) is 0 Å². The van der Waals surface area contributed by atoms with Crippen LogP contribution in [0.25, 0.3) is 10.8 Å². The Labute approximate surface area is 129 Å². The molecule has 1 saturated heterocycles.